The van der Waals surface area contributed by atoms with E-state index in [1.807, 2.05) is 6.07 Å². The van der Waals surface area contributed by atoms with E-state index in [0.29, 0.717) is 29.2 Å². The first-order valence-electron chi connectivity index (χ1n) is 12.2. The minimum atomic E-state index is -0.945. The molecule has 1 aromatic heterocycles. The molecule has 1 amide bonds. The molecular formula is C29H28N2O6S. The molecule has 1 saturated heterocycles. The second-order valence-corrected chi connectivity index (χ2v) is 9.58. The fourth-order valence-corrected chi connectivity index (χ4v) is 5.04. The van der Waals surface area contributed by atoms with Crippen LogP contribution in [0.1, 0.15) is 52.3 Å². The van der Waals surface area contributed by atoms with Crippen LogP contribution >= 0.6 is 11.3 Å². The Morgan fingerprint density at radius 2 is 1.87 bits per heavy atom. The van der Waals surface area contributed by atoms with E-state index < -0.39 is 23.7 Å². The Hall–Kier alpha value is -4.24. The van der Waals surface area contributed by atoms with Gasteiger partial charge in [0.1, 0.15) is 23.0 Å². The number of carbonyl (C=O) groups is 3. The summed E-state index contributed by atoms with van der Waals surface area (Å²) in [5.41, 5.74) is 1.28. The van der Waals surface area contributed by atoms with Crippen molar-refractivity contribution in [1.29, 1.82) is 0 Å². The average molecular weight is 533 g/mol. The lowest BCUT2D eigenvalue weighted by molar-refractivity contribution is -0.132. The Bertz CT molecular complexity index is 1380. The highest BCUT2D eigenvalue weighted by Crippen LogP contribution is 2.44. The number of hydrogen-bond donors (Lipinski definition) is 1. The molecule has 2 heterocycles. The van der Waals surface area contributed by atoms with Crippen molar-refractivity contribution in [2.75, 3.05) is 18.1 Å². The fraction of sp³-hybridized carbons (Fsp3) is 0.241. The van der Waals surface area contributed by atoms with Crippen LogP contribution in [0.5, 0.6) is 5.75 Å². The number of aliphatic hydroxyl groups excluding tert-OH is 1. The minimum Gasteiger partial charge on any atom is -0.507 e. The standard InChI is InChI=1S/C29H28N2O6S/c1-4-6-17-36-21-14-12-20(13-15-21)24(32)22-23(19-10-8-7-9-11-19)31(27(34)25(22)33)29-30-18(3)26(38-29)28(35)37-16-5-2/h5,7-15,23,32H,2,4,6,16-17H2,1,3H3/b24-22+. The van der Waals surface area contributed by atoms with Crippen molar-refractivity contribution in [3.05, 3.63) is 94.5 Å². The van der Waals surface area contributed by atoms with E-state index in [4.69, 9.17) is 9.47 Å². The van der Waals surface area contributed by atoms with Crippen LogP contribution < -0.4 is 9.64 Å². The van der Waals surface area contributed by atoms with Gasteiger partial charge in [-0.15, -0.1) is 0 Å². The molecule has 38 heavy (non-hydrogen) atoms. The van der Waals surface area contributed by atoms with Crippen LogP contribution in [0, 0.1) is 6.92 Å². The van der Waals surface area contributed by atoms with Crippen LogP contribution in [0.3, 0.4) is 0 Å². The van der Waals surface area contributed by atoms with E-state index in [9.17, 15) is 19.5 Å². The summed E-state index contributed by atoms with van der Waals surface area (Å²) < 4.78 is 10.8. The van der Waals surface area contributed by atoms with Crippen LogP contribution in [0.2, 0.25) is 0 Å². The van der Waals surface area contributed by atoms with Gasteiger partial charge in [-0.05, 0) is 43.2 Å². The van der Waals surface area contributed by atoms with Gasteiger partial charge in [0.05, 0.1) is 23.9 Å². The molecule has 1 N–H and O–H groups in total. The van der Waals surface area contributed by atoms with E-state index in [0.717, 1.165) is 24.2 Å². The van der Waals surface area contributed by atoms with Gasteiger partial charge in [-0.3, -0.25) is 14.5 Å². The number of ether oxygens (including phenoxy) is 2. The molecule has 0 radical (unpaired) electrons. The topological polar surface area (TPSA) is 106 Å². The van der Waals surface area contributed by atoms with Crippen LogP contribution in [0.15, 0.2) is 72.8 Å². The number of carbonyl (C=O) groups excluding carboxylic acids is 3. The molecule has 0 bridgehead atoms. The van der Waals surface area contributed by atoms with Gasteiger partial charge in [0.15, 0.2) is 5.13 Å². The zero-order chi connectivity index (χ0) is 27.2. The zero-order valence-electron chi connectivity index (χ0n) is 21.2. The number of ketones is 1. The average Bonchev–Trinajstić information content (AvgIpc) is 3.44. The van der Waals surface area contributed by atoms with Gasteiger partial charge >= 0.3 is 11.9 Å². The van der Waals surface area contributed by atoms with Crippen LogP contribution in [-0.4, -0.2) is 41.0 Å². The summed E-state index contributed by atoms with van der Waals surface area (Å²) in [7, 11) is 0. The molecule has 1 aliphatic rings. The van der Waals surface area contributed by atoms with E-state index in [-0.39, 0.29) is 27.9 Å². The second kappa shape index (κ2) is 11.9. The van der Waals surface area contributed by atoms with E-state index in [2.05, 4.69) is 18.5 Å². The normalized spacial score (nSPS) is 16.5. The van der Waals surface area contributed by atoms with Gasteiger partial charge in [-0.1, -0.05) is 67.7 Å². The number of unbranched alkanes of at least 4 members (excludes halogenated alkanes) is 1. The molecule has 0 saturated carbocycles. The summed E-state index contributed by atoms with van der Waals surface area (Å²) in [5.74, 6) is -1.95. The zero-order valence-corrected chi connectivity index (χ0v) is 22.0. The molecule has 9 heteroatoms. The molecule has 1 aliphatic heterocycles. The summed E-state index contributed by atoms with van der Waals surface area (Å²) in [4.78, 5) is 45.0. The predicted octanol–water partition coefficient (Wildman–Crippen LogP) is 5.60. The van der Waals surface area contributed by atoms with E-state index in [1.165, 1.54) is 11.0 Å². The van der Waals surface area contributed by atoms with E-state index >= 15 is 0 Å². The second-order valence-electron chi connectivity index (χ2n) is 8.60. The van der Waals surface area contributed by atoms with Gasteiger partial charge in [0, 0.05) is 5.56 Å². The molecule has 3 aromatic rings. The molecule has 1 atom stereocenters. The van der Waals surface area contributed by atoms with E-state index in [1.54, 1.807) is 55.5 Å². The Morgan fingerprint density at radius 1 is 1.16 bits per heavy atom. The third-order valence-electron chi connectivity index (χ3n) is 5.96. The molecule has 2 aromatic carbocycles. The lowest BCUT2D eigenvalue weighted by Crippen LogP contribution is -2.29. The van der Waals surface area contributed by atoms with Crippen LogP contribution in [-0.2, 0) is 14.3 Å². The summed E-state index contributed by atoms with van der Waals surface area (Å²) >= 11 is 0.953. The lowest BCUT2D eigenvalue weighted by atomic mass is 9.95. The van der Waals surface area contributed by atoms with Gasteiger partial charge in [-0.25, -0.2) is 9.78 Å². The summed E-state index contributed by atoms with van der Waals surface area (Å²) in [6, 6.07) is 14.7. The van der Waals surface area contributed by atoms with Crippen LogP contribution in [0.25, 0.3) is 5.76 Å². The Kier molecular flexibility index (Phi) is 8.38. The van der Waals surface area contributed by atoms with Crippen molar-refractivity contribution in [3.63, 3.8) is 0 Å². The fourth-order valence-electron chi connectivity index (χ4n) is 4.05. The first-order valence-corrected chi connectivity index (χ1v) is 13.0. The number of aryl methyl sites for hydroxylation is 1. The predicted molar refractivity (Wildman–Crippen MR) is 145 cm³/mol. The first kappa shape index (κ1) is 26.8. The Labute approximate surface area is 224 Å². The molecule has 1 unspecified atom stereocenters. The number of nitrogens with zero attached hydrogens (tertiary/aromatic N) is 2. The van der Waals surface area contributed by atoms with Gasteiger partial charge in [0.25, 0.3) is 5.78 Å². The largest absolute Gasteiger partial charge is 0.507 e. The maximum Gasteiger partial charge on any atom is 0.350 e. The highest BCUT2D eigenvalue weighted by atomic mass is 32.1. The number of aliphatic hydroxyl groups is 1. The quantitative estimate of drug-likeness (QED) is 0.0905. The third kappa shape index (κ3) is 5.38. The number of rotatable bonds is 10. The molecule has 8 nitrogen and oxygen atoms in total. The summed E-state index contributed by atoms with van der Waals surface area (Å²) in [6.07, 6.45) is 3.38. The lowest BCUT2D eigenvalue weighted by Gasteiger charge is -2.23. The van der Waals surface area contributed by atoms with Crippen molar-refractivity contribution in [2.45, 2.75) is 32.7 Å². The molecule has 4 rings (SSSR count). The number of benzene rings is 2. The van der Waals surface area contributed by atoms with Crippen molar-refractivity contribution in [3.8, 4) is 5.75 Å². The number of Topliss-reactive ketones (excluding diaryl/α,β-unsaturated/α-hetero) is 1. The smallest absolute Gasteiger partial charge is 0.350 e. The molecule has 0 spiro atoms. The molecule has 0 aliphatic carbocycles. The number of thiazole rings is 1. The van der Waals surface area contributed by atoms with Gasteiger partial charge in [0.2, 0.25) is 0 Å². The van der Waals surface area contributed by atoms with Crippen molar-refractivity contribution in [2.24, 2.45) is 0 Å². The summed E-state index contributed by atoms with van der Waals surface area (Å²) in [6.45, 7) is 7.85. The monoisotopic (exact) mass is 532 g/mol. The molecular weight excluding hydrogens is 504 g/mol. The van der Waals surface area contributed by atoms with Crippen molar-refractivity contribution in [1.82, 2.24) is 4.98 Å². The number of esters is 1. The maximum atomic E-state index is 13.3. The highest BCUT2D eigenvalue weighted by molar-refractivity contribution is 7.17. The molecule has 196 valence electrons. The van der Waals surface area contributed by atoms with Crippen molar-refractivity contribution < 1.29 is 29.0 Å². The van der Waals surface area contributed by atoms with Crippen LogP contribution in [0.4, 0.5) is 5.13 Å². The third-order valence-corrected chi connectivity index (χ3v) is 7.10. The molecule has 1 fully saturated rings. The first-order chi connectivity index (χ1) is 18.4. The summed E-state index contributed by atoms with van der Waals surface area (Å²) in [5, 5.41) is 11.4. The minimum absolute atomic E-state index is 0.0302. The SMILES string of the molecule is C=CCOC(=O)c1sc(N2C(=O)C(=O)/C(=C(/O)c3ccc(OCCCC)cc3)C2c2ccccc2)nc1C. The number of aromatic nitrogens is 1. The Balaban J connectivity index is 1.77. The Morgan fingerprint density at radius 3 is 2.53 bits per heavy atom. The van der Waals surface area contributed by atoms with Crippen molar-refractivity contribution >= 4 is 39.9 Å². The number of amides is 1. The maximum absolute atomic E-state index is 13.3. The van der Waals surface area contributed by atoms with Gasteiger partial charge in [-0.2, -0.15) is 0 Å². The highest BCUT2D eigenvalue weighted by Gasteiger charge is 2.48. The number of anilines is 1. The number of hydrogen-bond acceptors (Lipinski definition) is 8. The van der Waals surface area contributed by atoms with Gasteiger partial charge < -0.3 is 14.6 Å².